The zero-order chi connectivity index (χ0) is 27.7. The first-order chi connectivity index (χ1) is 18.6. The number of fused-ring (bicyclic) bond motifs is 1. The smallest absolute Gasteiger partial charge is 0.382 e. The summed E-state index contributed by atoms with van der Waals surface area (Å²) in [6.07, 6.45) is -1.80. The van der Waals surface area contributed by atoms with Crippen molar-refractivity contribution >= 4 is 51.4 Å². The Morgan fingerprint density at radius 2 is 1.64 bits per heavy atom. The van der Waals surface area contributed by atoms with Gasteiger partial charge in [0.15, 0.2) is 0 Å². The number of hydrogen-bond acceptors (Lipinski definition) is 5. The molecule has 2 aliphatic rings. The number of likely N-dealkylation sites (N-methyl/N-ethyl adjacent to an activating group) is 1. The third kappa shape index (κ3) is 6.53. The van der Waals surface area contributed by atoms with Gasteiger partial charge in [0.1, 0.15) is 5.69 Å². The Hall–Kier alpha value is -2.75. The van der Waals surface area contributed by atoms with E-state index in [9.17, 15) is 18.0 Å². The van der Waals surface area contributed by atoms with Gasteiger partial charge in [-0.15, -0.1) is 0 Å². The number of rotatable bonds is 5. The molecule has 5 rings (SSSR count). The first-order valence-corrected chi connectivity index (χ1v) is 13.8. The highest BCUT2D eigenvalue weighted by molar-refractivity contribution is 6.34. The third-order valence-electron chi connectivity index (χ3n) is 7.55. The van der Waals surface area contributed by atoms with E-state index in [1.807, 2.05) is 12.1 Å². The molecular weight excluding hydrogens is 550 g/mol. The van der Waals surface area contributed by atoms with Crippen molar-refractivity contribution in [2.45, 2.75) is 43.9 Å². The minimum absolute atomic E-state index is 0.0433. The number of alkyl halides is 3. The van der Waals surface area contributed by atoms with Crippen LogP contribution in [-0.2, 0) is 6.18 Å². The van der Waals surface area contributed by atoms with Crippen LogP contribution in [0, 0.1) is 0 Å². The lowest BCUT2D eigenvalue weighted by Crippen LogP contribution is -2.44. The number of amides is 1. The summed E-state index contributed by atoms with van der Waals surface area (Å²) < 4.78 is 40.4. The lowest BCUT2D eigenvalue weighted by atomic mass is 9.90. The van der Waals surface area contributed by atoms with Crippen molar-refractivity contribution in [2.75, 3.05) is 43.4 Å². The molecule has 1 saturated heterocycles. The maximum atomic E-state index is 13.5. The number of anilines is 2. The van der Waals surface area contributed by atoms with Crippen LogP contribution in [0.25, 0.3) is 10.9 Å². The highest BCUT2D eigenvalue weighted by Crippen LogP contribution is 2.35. The molecule has 1 aliphatic carbocycles. The number of piperazine rings is 1. The zero-order valence-electron chi connectivity index (χ0n) is 21.5. The van der Waals surface area contributed by atoms with Crippen LogP contribution in [0.1, 0.15) is 41.7 Å². The molecule has 2 fully saturated rings. The molecule has 39 heavy (non-hydrogen) atoms. The van der Waals surface area contributed by atoms with Crippen molar-refractivity contribution in [3.8, 4) is 0 Å². The molecule has 6 nitrogen and oxygen atoms in total. The van der Waals surface area contributed by atoms with Crippen molar-refractivity contribution in [1.82, 2.24) is 15.2 Å². The van der Waals surface area contributed by atoms with Gasteiger partial charge in [0.25, 0.3) is 5.91 Å². The second kappa shape index (κ2) is 11.4. The molecule has 3 aromatic rings. The summed E-state index contributed by atoms with van der Waals surface area (Å²) in [4.78, 5) is 21.3. The molecule has 208 valence electrons. The van der Waals surface area contributed by atoms with Crippen molar-refractivity contribution < 1.29 is 18.0 Å². The second-order valence-corrected chi connectivity index (χ2v) is 11.2. The van der Waals surface area contributed by atoms with Crippen LogP contribution in [-0.4, -0.2) is 61.1 Å². The molecule has 1 aromatic heterocycles. The summed E-state index contributed by atoms with van der Waals surface area (Å²) in [5, 5.41) is 7.75. The molecule has 0 spiro atoms. The Labute approximate surface area is 235 Å². The number of hydrogen-bond donors (Lipinski definition) is 2. The molecule has 0 bridgehead atoms. The van der Waals surface area contributed by atoms with Gasteiger partial charge in [-0.3, -0.25) is 4.79 Å². The number of pyridine rings is 1. The molecule has 1 amide bonds. The summed E-state index contributed by atoms with van der Waals surface area (Å²) in [5.74, 6) is -0.217. The minimum atomic E-state index is -4.56. The van der Waals surface area contributed by atoms with E-state index in [1.165, 1.54) is 12.1 Å². The summed E-state index contributed by atoms with van der Waals surface area (Å²) in [5.41, 5.74) is 1.09. The summed E-state index contributed by atoms with van der Waals surface area (Å²) in [6.45, 7) is 3.78. The molecule has 2 aromatic carbocycles. The molecule has 11 heteroatoms. The lowest BCUT2D eigenvalue weighted by molar-refractivity contribution is -0.140. The van der Waals surface area contributed by atoms with Crippen LogP contribution < -0.4 is 15.5 Å². The SMILES string of the molecule is CN1CCN(c2ccc(C(=O)N[C@H]3CC[C@@H](Nc4cc(C(F)(F)F)nc5ccc(Cl)cc45)CC3)c(Cl)c2)CC1. The highest BCUT2D eigenvalue weighted by atomic mass is 35.5. The van der Waals surface area contributed by atoms with E-state index in [0.717, 1.165) is 37.9 Å². The summed E-state index contributed by atoms with van der Waals surface area (Å²) >= 11 is 12.6. The van der Waals surface area contributed by atoms with Gasteiger partial charge in [-0.25, -0.2) is 4.98 Å². The van der Waals surface area contributed by atoms with Crippen molar-refractivity contribution in [1.29, 1.82) is 0 Å². The first-order valence-electron chi connectivity index (χ1n) is 13.0. The van der Waals surface area contributed by atoms with Crippen molar-refractivity contribution in [2.24, 2.45) is 0 Å². The van der Waals surface area contributed by atoms with Gasteiger partial charge in [0, 0.05) is 60.0 Å². The van der Waals surface area contributed by atoms with Crippen LogP contribution in [0.15, 0.2) is 42.5 Å². The first kappa shape index (κ1) is 27.8. The second-order valence-electron chi connectivity index (χ2n) is 10.3. The average Bonchev–Trinajstić information content (AvgIpc) is 2.89. The number of nitrogens with one attached hydrogen (secondary N) is 2. The standard InChI is InChI=1S/C28H30Cl2F3N5O/c1-37-10-12-38(13-11-37)20-7-8-21(23(30)15-20)27(39)35-19-5-3-18(4-6-19)34-25-16-26(28(31,32)33)36-24-9-2-17(29)14-22(24)25/h2,7-9,14-16,18-19H,3-6,10-13H2,1H3,(H,34,36)(H,35,39)/t18-,19+. The third-order valence-corrected chi connectivity index (χ3v) is 8.10. The normalized spacial score (nSPS) is 20.7. The number of halogens is 5. The molecule has 0 radical (unpaired) electrons. The fraction of sp³-hybridized carbons (Fsp3) is 0.429. The van der Waals surface area contributed by atoms with Gasteiger partial charge in [-0.2, -0.15) is 13.2 Å². The van der Waals surface area contributed by atoms with Gasteiger partial charge < -0.3 is 20.4 Å². The highest BCUT2D eigenvalue weighted by Gasteiger charge is 2.34. The molecular formula is C28H30Cl2F3N5O. The molecule has 1 saturated carbocycles. The van der Waals surface area contributed by atoms with E-state index in [-0.39, 0.29) is 23.5 Å². The number of nitrogens with zero attached hydrogens (tertiary/aromatic N) is 3. The number of benzene rings is 2. The Bertz CT molecular complexity index is 1350. The maximum absolute atomic E-state index is 13.5. The summed E-state index contributed by atoms with van der Waals surface area (Å²) in [7, 11) is 2.10. The van der Waals surface area contributed by atoms with Gasteiger partial charge >= 0.3 is 6.18 Å². The minimum Gasteiger partial charge on any atom is -0.382 e. The quantitative estimate of drug-likeness (QED) is 0.363. The molecule has 2 heterocycles. The molecule has 0 unspecified atom stereocenters. The monoisotopic (exact) mass is 579 g/mol. The lowest BCUT2D eigenvalue weighted by Gasteiger charge is -2.34. The Morgan fingerprint density at radius 3 is 2.31 bits per heavy atom. The van der Waals surface area contributed by atoms with Crippen LogP contribution in [0.4, 0.5) is 24.5 Å². The van der Waals surface area contributed by atoms with Crippen molar-refractivity contribution in [3.63, 3.8) is 0 Å². The van der Waals surface area contributed by atoms with Gasteiger partial charge in [-0.05, 0) is 75.2 Å². The fourth-order valence-corrected chi connectivity index (χ4v) is 5.71. The average molecular weight is 580 g/mol. The number of carbonyl (C=O) groups is 1. The predicted molar refractivity (Wildman–Crippen MR) is 150 cm³/mol. The van der Waals surface area contributed by atoms with Gasteiger partial charge in [-0.1, -0.05) is 23.2 Å². The summed E-state index contributed by atoms with van der Waals surface area (Å²) in [6, 6.07) is 11.2. The Kier molecular flexibility index (Phi) is 8.12. The number of carbonyl (C=O) groups excluding carboxylic acids is 1. The zero-order valence-corrected chi connectivity index (χ0v) is 23.0. The van der Waals surface area contributed by atoms with E-state index in [0.29, 0.717) is 52.4 Å². The maximum Gasteiger partial charge on any atom is 0.433 e. The molecule has 2 N–H and O–H groups in total. The van der Waals surface area contributed by atoms with Crippen LogP contribution in [0.3, 0.4) is 0 Å². The van der Waals surface area contributed by atoms with E-state index in [4.69, 9.17) is 23.2 Å². The topological polar surface area (TPSA) is 60.5 Å². The molecule has 1 aliphatic heterocycles. The fourth-order valence-electron chi connectivity index (χ4n) is 5.28. The largest absolute Gasteiger partial charge is 0.433 e. The number of aromatic nitrogens is 1. The van der Waals surface area contributed by atoms with E-state index >= 15 is 0 Å². The van der Waals surface area contributed by atoms with Gasteiger partial charge in [0.2, 0.25) is 0 Å². The van der Waals surface area contributed by atoms with Crippen LogP contribution in [0.5, 0.6) is 0 Å². The van der Waals surface area contributed by atoms with E-state index in [2.05, 4.69) is 32.5 Å². The van der Waals surface area contributed by atoms with Crippen LogP contribution >= 0.6 is 23.2 Å². The van der Waals surface area contributed by atoms with E-state index < -0.39 is 11.9 Å². The Balaban J connectivity index is 1.20. The van der Waals surface area contributed by atoms with Crippen LogP contribution in [0.2, 0.25) is 10.0 Å². The predicted octanol–water partition coefficient (Wildman–Crippen LogP) is 6.47. The Morgan fingerprint density at radius 1 is 0.949 bits per heavy atom. The van der Waals surface area contributed by atoms with Crippen molar-refractivity contribution in [3.05, 3.63) is 63.8 Å². The molecule has 0 atom stereocenters. The van der Waals surface area contributed by atoms with E-state index in [1.54, 1.807) is 12.1 Å². The van der Waals surface area contributed by atoms with Gasteiger partial charge in [0.05, 0.1) is 16.1 Å².